The molecule has 1 aromatic carbocycles. The van der Waals surface area contributed by atoms with Crippen molar-refractivity contribution < 1.29 is 4.39 Å². The number of halogens is 1. The van der Waals surface area contributed by atoms with Gasteiger partial charge in [0.1, 0.15) is 5.82 Å². The first-order valence-corrected chi connectivity index (χ1v) is 6.41. The largest absolute Gasteiger partial charge is 0.397 e. The Hall–Kier alpha value is -1.55. The number of hydrogen-bond acceptors (Lipinski definition) is 3. The van der Waals surface area contributed by atoms with Crippen molar-refractivity contribution in [1.29, 1.82) is 0 Å². The number of benzene rings is 1. The first-order chi connectivity index (χ1) is 8.20. The lowest BCUT2D eigenvalue weighted by atomic mass is 10.2. The molecule has 0 saturated heterocycles. The Kier molecular flexibility index (Phi) is 3.64. The van der Waals surface area contributed by atoms with E-state index in [0.717, 1.165) is 18.8 Å². The molecule has 0 atom stereocenters. The van der Waals surface area contributed by atoms with Gasteiger partial charge in [0.2, 0.25) is 0 Å². The van der Waals surface area contributed by atoms with Crippen molar-refractivity contribution >= 4 is 22.7 Å². The van der Waals surface area contributed by atoms with Gasteiger partial charge in [-0.05, 0) is 36.6 Å². The zero-order valence-electron chi connectivity index (χ0n) is 9.69. The minimum Gasteiger partial charge on any atom is -0.397 e. The van der Waals surface area contributed by atoms with Crippen molar-refractivity contribution in [3.63, 3.8) is 0 Å². The molecule has 0 amide bonds. The van der Waals surface area contributed by atoms with Crippen molar-refractivity contribution in [2.75, 3.05) is 17.2 Å². The average molecular weight is 250 g/mol. The van der Waals surface area contributed by atoms with Crippen molar-refractivity contribution in [3.05, 3.63) is 46.4 Å². The van der Waals surface area contributed by atoms with Crippen LogP contribution in [0.2, 0.25) is 0 Å². The van der Waals surface area contributed by atoms with Gasteiger partial charge >= 0.3 is 0 Å². The predicted octanol–water partition coefficient (Wildman–Crippen LogP) is 3.50. The predicted molar refractivity (Wildman–Crippen MR) is 71.9 cm³/mol. The fourth-order valence-electron chi connectivity index (χ4n) is 1.77. The van der Waals surface area contributed by atoms with Gasteiger partial charge in [-0.15, -0.1) is 11.3 Å². The highest BCUT2D eigenvalue weighted by molar-refractivity contribution is 7.09. The summed E-state index contributed by atoms with van der Waals surface area (Å²) >= 11 is 1.71. The number of anilines is 2. The molecule has 2 aromatic rings. The second-order valence-electron chi connectivity index (χ2n) is 3.80. The lowest BCUT2D eigenvalue weighted by Crippen LogP contribution is -2.22. The third-order valence-electron chi connectivity index (χ3n) is 2.64. The highest BCUT2D eigenvalue weighted by atomic mass is 32.1. The van der Waals surface area contributed by atoms with Gasteiger partial charge in [-0.25, -0.2) is 4.39 Å². The monoisotopic (exact) mass is 250 g/mol. The fraction of sp³-hybridized carbons (Fsp3) is 0.231. The van der Waals surface area contributed by atoms with E-state index >= 15 is 0 Å². The minimum absolute atomic E-state index is 0.293. The van der Waals surface area contributed by atoms with Crippen LogP contribution in [0, 0.1) is 5.82 Å². The maximum atomic E-state index is 13.0. The lowest BCUT2D eigenvalue weighted by molar-refractivity contribution is 0.628. The van der Waals surface area contributed by atoms with Crippen LogP contribution in [0.5, 0.6) is 0 Å². The average Bonchev–Trinajstić information content (AvgIpc) is 2.79. The molecule has 4 heteroatoms. The van der Waals surface area contributed by atoms with Crippen molar-refractivity contribution in [2.24, 2.45) is 0 Å². The Morgan fingerprint density at radius 1 is 1.35 bits per heavy atom. The molecule has 0 aliphatic heterocycles. The summed E-state index contributed by atoms with van der Waals surface area (Å²) in [5, 5.41) is 2.05. The Morgan fingerprint density at radius 2 is 2.18 bits per heavy atom. The van der Waals surface area contributed by atoms with Crippen LogP contribution in [0.3, 0.4) is 0 Å². The molecule has 0 radical (unpaired) electrons. The van der Waals surface area contributed by atoms with Crippen molar-refractivity contribution in [3.8, 4) is 0 Å². The number of nitrogens with zero attached hydrogens (tertiary/aromatic N) is 1. The maximum absolute atomic E-state index is 13.0. The second-order valence-corrected chi connectivity index (χ2v) is 4.83. The van der Waals surface area contributed by atoms with Crippen LogP contribution < -0.4 is 10.6 Å². The van der Waals surface area contributed by atoms with Gasteiger partial charge in [0, 0.05) is 11.4 Å². The van der Waals surface area contributed by atoms with E-state index in [1.807, 2.05) is 6.07 Å². The zero-order chi connectivity index (χ0) is 12.3. The van der Waals surface area contributed by atoms with Gasteiger partial charge in [-0.1, -0.05) is 6.07 Å². The molecule has 90 valence electrons. The highest BCUT2D eigenvalue weighted by Crippen LogP contribution is 2.26. The summed E-state index contributed by atoms with van der Waals surface area (Å²) in [6.45, 7) is 3.72. The van der Waals surface area contributed by atoms with Gasteiger partial charge in [-0.2, -0.15) is 0 Å². The summed E-state index contributed by atoms with van der Waals surface area (Å²) in [6.07, 6.45) is 0. The van der Waals surface area contributed by atoms with Crippen molar-refractivity contribution in [1.82, 2.24) is 0 Å². The van der Waals surface area contributed by atoms with Crippen LogP contribution in [0.4, 0.5) is 15.8 Å². The van der Waals surface area contributed by atoms with Gasteiger partial charge in [0.15, 0.2) is 0 Å². The molecule has 2 rings (SSSR count). The third kappa shape index (κ3) is 2.77. The number of thiophene rings is 1. The van der Waals surface area contributed by atoms with E-state index in [2.05, 4.69) is 23.3 Å². The molecule has 0 saturated carbocycles. The highest BCUT2D eigenvalue weighted by Gasteiger charge is 2.09. The summed E-state index contributed by atoms with van der Waals surface area (Å²) in [7, 11) is 0. The SMILES string of the molecule is CCN(Cc1cccs1)c1ccc(F)cc1N. The Labute approximate surface area is 104 Å². The molecule has 0 aliphatic rings. The first kappa shape index (κ1) is 11.9. The normalized spacial score (nSPS) is 10.5. The molecule has 0 fully saturated rings. The Morgan fingerprint density at radius 3 is 2.76 bits per heavy atom. The van der Waals surface area contributed by atoms with Crippen LogP contribution in [-0.4, -0.2) is 6.54 Å². The van der Waals surface area contributed by atoms with Crippen LogP contribution in [0.15, 0.2) is 35.7 Å². The molecular formula is C13H15FN2S. The number of rotatable bonds is 4. The number of nitrogen functional groups attached to an aromatic ring is 1. The summed E-state index contributed by atoms with van der Waals surface area (Å²) in [4.78, 5) is 3.41. The molecule has 2 nitrogen and oxygen atoms in total. The molecule has 0 spiro atoms. The molecule has 1 heterocycles. The molecule has 0 unspecified atom stereocenters. The maximum Gasteiger partial charge on any atom is 0.125 e. The van der Waals surface area contributed by atoms with Crippen LogP contribution >= 0.6 is 11.3 Å². The first-order valence-electron chi connectivity index (χ1n) is 5.53. The van der Waals surface area contributed by atoms with E-state index in [1.54, 1.807) is 17.4 Å². The molecule has 17 heavy (non-hydrogen) atoms. The third-order valence-corrected chi connectivity index (χ3v) is 3.50. The van der Waals surface area contributed by atoms with Crippen LogP contribution in [0.1, 0.15) is 11.8 Å². The van der Waals surface area contributed by atoms with Gasteiger partial charge in [-0.3, -0.25) is 0 Å². The smallest absolute Gasteiger partial charge is 0.125 e. The second kappa shape index (κ2) is 5.19. The van der Waals surface area contributed by atoms with E-state index in [9.17, 15) is 4.39 Å². The lowest BCUT2D eigenvalue weighted by Gasteiger charge is -2.24. The van der Waals surface area contributed by atoms with Crippen LogP contribution in [-0.2, 0) is 6.54 Å². The molecule has 0 aliphatic carbocycles. The fourth-order valence-corrected chi connectivity index (χ4v) is 2.49. The number of nitrogens with two attached hydrogens (primary N) is 1. The summed E-state index contributed by atoms with van der Waals surface area (Å²) < 4.78 is 13.0. The van der Waals surface area contributed by atoms with E-state index in [0.29, 0.717) is 5.69 Å². The topological polar surface area (TPSA) is 29.3 Å². The molecule has 2 N–H and O–H groups in total. The van der Waals surface area contributed by atoms with E-state index < -0.39 is 0 Å². The Balaban J connectivity index is 2.23. The van der Waals surface area contributed by atoms with Crippen molar-refractivity contribution in [2.45, 2.75) is 13.5 Å². The quantitative estimate of drug-likeness (QED) is 0.842. The zero-order valence-corrected chi connectivity index (χ0v) is 10.5. The van der Waals surface area contributed by atoms with E-state index in [4.69, 9.17) is 5.73 Å². The molecule has 1 aromatic heterocycles. The van der Waals surface area contributed by atoms with Gasteiger partial charge in [0.05, 0.1) is 17.9 Å². The van der Waals surface area contributed by atoms with Gasteiger partial charge < -0.3 is 10.6 Å². The number of hydrogen-bond donors (Lipinski definition) is 1. The summed E-state index contributed by atoms with van der Waals surface area (Å²) in [5.41, 5.74) is 7.23. The summed E-state index contributed by atoms with van der Waals surface area (Å²) in [5.74, 6) is -0.293. The van der Waals surface area contributed by atoms with Gasteiger partial charge in [0.25, 0.3) is 0 Å². The summed E-state index contributed by atoms with van der Waals surface area (Å²) in [6, 6.07) is 8.67. The molecular weight excluding hydrogens is 235 g/mol. The molecule has 0 bridgehead atoms. The van der Waals surface area contributed by atoms with Crippen LogP contribution in [0.25, 0.3) is 0 Å². The standard InChI is InChI=1S/C13H15FN2S/c1-2-16(9-11-4-3-7-17-11)13-6-5-10(14)8-12(13)15/h3-8H,2,9,15H2,1H3. The minimum atomic E-state index is -0.293. The van der Waals surface area contributed by atoms with E-state index in [-0.39, 0.29) is 5.82 Å². The Bertz CT molecular complexity index is 482. The van der Waals surface area contributed by atoms with E-state index in [1.165, 1.54) is 17.0 Å².